The van der Waals surface area contributed by atoms with E-state index in [2.05, 4.69) is 13.0 Å². The average molecular weight is 478 g/mol. The monoisotopic (exact) mass is 477 g/mol. The molecule has 0 saturated carbocycles. The molecular formula is C26H36ClNO3S. The molecule has 176 valence electrons. The first-order chi connectivity index (χ1) is 15.3. The summed E-state index contributed by atoms with van der Waals surface area (Å²) in [5, 5.41) is 10.7. The zero-order chi connectivity index (χ0) is 23.6. The van der Waals surface area contributed by atoms with Crippen LogP contribution in [0.1, 0.15) is 58.4 Å². The van der Waals surface area contributed by atoms with Gasteiger partial charge in [0.25, 0.3) is 0 Å². The summed E-state index contributed by atoms with van der Waals surface area (Å²) in [5.41, 5.74) is 2.09. The average Bonchev–Trinajstić information content (AvgIpc) is 2.76. The van der Waals surface area contributed by atoms with Crippen LogP contribution in [0.3, 0.4) is 0 Å². The van der Waals surface area contributed by atoms with Crippen LogP contribution in [0.25, 0.3) is 6.08 Å². The number of sulfonamides is 1. The Hall–Kier alpha value is -1.66. The van der Waals surface area contributed by atoms with Gasteiger partial charge in [-0.1, -0.05) is 87.2 Å². The van der Waals surface area contributed by atoms with E-state index >= 15 is 0 Å². The number of aliphatic hydroxyl groups excluding tert-OH is 1. The van der Waals surface area contributed by atoms with Crippen molar-refractivity contribution in [3.8, 4) is 0 Å². The highest BCUT2D eigenvalue weighted by molar-refractivity contribution is 7.89. The molecule has 32 heavy (non-hydrogen) atoms. The molecule has 6 heteroatoms. The van der Waals surface area contributed by atoms with Gasteiger partial charge < -0.3 is 5.11 Å². The summed E-state index contributed by atoms with van der Waals surface area (Å²) in [4.78, 5) is 0.191. The van der Waals surface area contributed by atoms with Crippen LogP contribution >= 0.6 is 11.6 Å². The maximum absolute atomic E-state index is 13.7. The number of nitrogens with zero attached hydrogens (tertiary/aromatic N) is 1. The Kier molecular flexibility index (Phi) is 10.9. The Labute approximate surface area is 199 Å². The first-order valence-corrected chi connectivity index (χ1v) is 13.2. The maximum Gasteiger partial charge on any atom is 0.243 e. The lowest BCUT2D eigenvalue weighted by Crippen LogP contribution is -2.44. The molecule has 2 aromatic rings. The third-order valence-electron chi connectivity index (χ3n) is 5.41. The molecule has 2 aromatic carbocycles. The number of benzene rings is 2. The van der Waals surface area contributed by atoms with Gasteiger partial charge in [0, 0.05) is 17.6 Å². The van der Waals surface area contributed by atoms with Crippen molar-refractivity contribution in [2.75, 3.05) is 13.2 Å². The SMILES string of the molecule is CCCCCC(=Cc1ccccc1)CN([C@@H](CO)CC(C)C)S(=O)(=O)c1ccc(Cl)cc1. The van der Waals surface area contributed by atoms with Crippen LogP contribution < -0.4 is 0 Å². The maximum atomic E-state index is 13.7. The van der Waals surface area contributed by atoms with Gasteiger partial charge in [0.05, 0.1) is 11.5 Å². The van der Waals surface area contributed by atoms with Gasteiger partial charge in [-0.3, -0.25) is 0 Å². The zero-order valence-electron chi connectivity index (χ0n) is 19.4. The lowest BCUT2D eigenvalue weighted by molar-refractivity contribution is 0.173. The zero-order valence-corrected chi connectivity index (χ0v) is 20.9. The van der Waals surface area contributed by atoms with Crippen molar-refractivity contribution in [2.24, 2.45) is 5.92 Å². The minimum atomic E-state index is -3.82. The molecule has 0 aliphatic rings. The van der Waals surface area contributed by atoms with Gasteiger partial charge in [-0.05, 0) is 55.0 Å². The highest BCUT2D eigenvalue weighted by Crippen LogP contribution is 2.26. The molecule has 0 aliphatic carbocycles. The van der Waals surface area contributed by atoms with Crippen LogP contribution in [0, 0.1) is 5.92 Å². The molecule has 2 rings (SSSR count). The Morgan fingerprint density at radius 3 is 2.28 bits per heavy atom. The minimum absolute atomic E-state index is 0.191. The smallest absolute Gasteiger partial charge is 0.243 e. The lowest BCUT2D eigenvalue weighted by Gasteiger charge is -2.32. The number of aliphatic hydroxyl groups is 1. The van der Waals surface area contributed by atoms with E-state index in [1.54, 1.807) is 12.1 Å². The summed E-state index contributed by atoms with van der Waals surface area (Å²) in [6.07, 6.45) is 6.66. The van der Waals surface area contributed by atoms with E-state index in [4.69, 9.17) is 11.6 Å². The van der Waals surface area contributed by atoms with Crippen LogP contribution in [-0.2, 0) is 10.0 Å². The van der Waals surface area contributed by atoms with Crippen LogP contribution in [0.15, 0.2) is 65.1 Å². The first-order valence-electron chi connectivity index (χ1n) is 11.4. The quantitative estimate of drug-likeness (QED) is 0.339. The van der Waals surface area contributed by atoms with Crippen molar-refractivity contribution in [3.05, 3.63) is 70.8 Å². The highest BCUT2D eigenvalue weighted by Gasteiger charge is 2.32. The van der Waals surface area contributed by atoms with Crippen molar-refractivity contribution in [1.29, 1.82) is 0 Å². The number of rotatable bonds is 13. The Morgan fingerprint density at radius 1 is 1.06 bits per heavy atom. The van der Waals surface area contributed by atoms with Crippen molar-refractivity contribution >= 4 is 27.7 Å². The van der Waals surface area contributed by atoms with E-state index in [-0.39, 0.29) is 24.0 Å². The summed E-state index contributed by atoms with van der Waals surface area (Å²) in [6, 6.07) is 15.7. The Bertz CT molecular complexity index is 941. The standard InChI is InChI=1S/C26H36ClNO3S/c1-4-5-7-12-23(18-22-10-8-6-9-11-22)19-28(25(20-29)17-21(2)3)32(30,31)26-15-13-24(27)14-16-26/h6,8-11,13-16,18,21,25,29H,4-5,7,12,17,19-20H2,1-3H3/t25-/m1/s1. The van der Waals surface area contributed by atoms with Gasteiger partial charge in [0.15, 0.2) is 0 Å². The third-order valence-corrected chi connectivity index (χ3v) is 7.58. The topological polar surface area (TPSA) is 57.6 Å². The van der Waals surface area contributed by atoms with Crippen molar-refractivity contribution in [3.63, 3.8) is 0 Å². The number of halogens is 1. The van der Waals surface area contributed by atoms with Gasteiger partial charge in [0.2, 0.25) is 10.0 Å². The van der Waals surface area contributed by atoms with Crippen LogP contribution in [-0.4, -0.2) is 37.0 Å². The summed E-state index contributed by atoms with van der Waals surface area (Å²) >= 11 is 5.99. The summed E-state index contributed by atoms with van der Waals surface area (Å²) in [5.74, 6) is 0.247. The second kappa shape index (κ2) is 13.1. The van der Waals surface area contributed by atoms with Crippen molar-refractivity contribution < 1.29 is 13.5 Å². The van der Waals surface area contributed by atoms with Crippen molar-refractivity contribution in [2.45, 2.75) is 63.8 Å². The van der Waals surface area contributed by atoms with Gasteiger partial charge in [0.1, 0.15) is 0 Å². The minimum Gasteiger partial charge on any atom is -0.395 e. The fourth-order valence-electron chi connectivity index (χ4n) is 3.76. The first kappa shape index (κ1) is 26.6. The molecule has 4 nitrogen and oxygen atoms in total. The molecule has 1 N–H and O–H groups in total. The second-order valence-electron chi connectivity index (χ2n) is 8.64. The predicted octanol–water partition coefficient (Wildman–Crippen LogP) is 6.40. The lowest BCUT2D eigenvalue weighted by atomic mass is 10.0. The molecule has 0 radical (unpaired) electrons. The fourth-order valence-corrected chi connectivity index (χ4v) is 5.52. The van der Waals surface area contributed by atoms with Gasteiger partial charge in [-0.15, -0.1) is 0 Å². The highest BCUT2D eigenvalue weighted by atomic mass is 35.5. The number of hydrogen-bond donors (Lipinski definition) is 1. The van der Waals surface area contributed by atoms with E-state index in [0.717, 1.165) is 36.8 Å². The molecule has 0 aliphatic heterocycles. The van der Waals surface area contributed by atoms with E-state index in [0.29, 0.717) is 11.4 Å². The summed E-state index contributed by atoms with van der Waals surface area (Å²) in [7, 11) is -3.82. The molecule has 0 fully saturated rings. The van der Waals surface area contributed by atoms with Gasteiger partial charge in [-0.2, -0.15) is 4.31 Å². The normalized spacial score (nSPS) is 13.7. The predicted molar refractivity (Wildman–Crippen MR) is 134 cm³/mol. The number of hydrogen-bond acceptors (Lipinski definition) is 3. The molecule has 0 heterocycles. The molecule has 0 bridgehead atoms. The van der Waals surface area contributed by atoms with Gasteiger partial charge >= 0.3 is 0 Å². The molecule has 0 aromatic heterocycles. The fraction of sp³-hybridized carbons (Fsp3) is 0.462. The Morgan fingerprint density at radius 2 is 1.72 bits per heavy atom. The molecule has 0 saturated heterocycles. The van der Waals surface area contributed by atoms with Crippen molar-refractivity contribution in [1.82, 2.24) is 4.31 Å². The van der Waals surface area contributed by atoms with Crippen LogP contribution in [0.4, 0.5) is 0 Å². The number of unbranched alkanes of at least 4 members (excludes halogenated alkanes) is 2. The summed E-state index contributed by atoms with van der Waals surface area (Å²) in [6.45, 7) is 6.26. The van der Waals surface area contributed by atoms with Crippen LogP contribution in [0.2, 0.25) is 5.02 Å². The molecule has 0 amide bonds. The molecule has 1 atom stereocenters. The van der Waals surface area contributed by atoms with Crippen LogP contribution in [0.5, 0.6) is 0 Å². The third kappa shape index (κ3) is 8.04. The molecule has 0 unspecified atom stereocenters. The van der Waals surface area contributed by atoms with E-state index < -0.39 is 16.1 Å². The molecular weight excluding hydrogens is 442 g/mol. The Balaban J connectivity index is 2.47. The second-order valence-corrected chi connectivity index (χ2v) is 11.0. The largest absolute Gasteiger partial charge is 0.395 e. The van der Waals surface area contributed by atoms with E-state index in [9.17, 15) is 13.5 Å². The molecule has 0 spiro atoms. The van der Waals surface area contributed by atoms with E-state index in [1.807, 2.05) is 44.2 Å². The summed E-state index contributed by atoms with van der Waals surface area (Å²) < 4.78 is 28.9. The van der Waals surface area contributed by atoms with Gasteiger partial charge in [-0.25, -0.2) is 8.42 Å². The van der Waals surface area contributed by atoms with E-state index in [1.165, 1.54) is 16.4 Å².